The summed E-state index contributed by atoms with van der Waals surface area (Å²) in [5.41, 5.74) is 3.54. The lowest BCUT2D eigenvalue weighted by atomic mass is 9.96. The van der Waals surface area contributed by atoms with E-state index < -0.39 is 12.0 Å². The van der Waals surface area contributed by atoms with Crippen LogP contribution in [0.4, 0.5) is 0 Å². The monoisotopic (exact) mass is 556 g/mol. The lowest BCUT2D eigenvalue weighted by Crippen LogP contribution is -2.39. The number of esters is 1. The van der Waals surface area contributed by atoms with Gasteiger partial charge in [0.1, 0.15) is 12.4 Å². The van der Waals surface area contributed by atoms with Crippen molar-refractivity contribution in [1.29, 1.82) is 0 Å². The van der Waals surface area contributed by atoms with Crippen LogP contribution in [0.3, 0.4) is 0 Å². The van der Waals surface area contributed by atoms with Gasteiger partial charge in [0.25, 0.3) is 5.56 Å². The maximum atomic E-state index is 13.8. The van der Waals surface area contributed by atoms with E-state index in [0.717, 1.165) is 27.3 Å². The molecule has 0 N–H and O–H groups in total. The number of ether oxygens (including phenoxy) is 2. The summed E-state index contributed by atoms with van der Waals surface area (Å²) < 4.78 is 13.4. The minimum atomic E-state index is -0.618. The fourth-order valence-corrected chi connectivity index (χ4v) is 5.90. The number of carbonyl (C=O) groups excluding carboxylic acids is 1. The Kier molecular flexibility index (Phi) is 8.14. The first-order chi connectivity index (χ1) is 19.0. The van der Waals surface area contributed by atoms with Gasteiger partial charge in [0.2, 0.25) is 0 Å². The van der Waals surface area contributed by atoms with E-state index in [1.165, 1.54) is 11.3 Å². The van der Waals surface area contributed by atoms with Crippen molar-refractivity contribution in [2.24, 2.45) is 4.99 Å². The Balaban J connectivity index is 1.51. The smallest absolute Gasteiger partial charge is 0.338 e. The molecule has 0 saturated carbocycles. The first-order valence-corrected chi connectivity index (χ1v) is 14.6. The number of aromatic nitrogens is 1. The number of hydrogen-bond acceptors (Lipinski definition) is 7. The minimum absolute atomic E-state index is 0.198. The molecule has 39 heavy (non-hydrogen) atoms. The van der Waals surface area contributed by atoms with Gasteiger partial charge in [-0.15, -0.1) is 11.8 Å². The number of carbonyl (C=O) groups is 1. The average molecular weight is 557 g/mol. The lowest BCUT2D eigenvalue weighted by Gasteiger charge is -2.24. The van der Waals surface area contributed by atoms with E-state index >= 15 is 0 Å². The summed E-state index contributed by atoms with van der Waals surface area (Å²) in [5, 5.41) is 0. The largest absolute Gasteiger partial charge is 0.489 e. The van der Waals surface area contributed by atoms with E-state index in [1.807, 2.05) is 91.2 Å². The molecule has 1 aliphatic rings. The highest BCUT2D eigenvalue weighted by Crippen LogP contribution is 2.31. The second-order valence-electron chi connectivity index (χ2n) is 8.92. The second kappa shape index (κ2) is 11.9. The van der Waals surface area contributed by atoms with Crippen LogP contribution in [-0.2, 0) is 16.1 Å². The molecule has 6 nitrogen and oxygen atoms in total. The molecule has 5 rings (SSSR count). The van der Waals surface area contributed by atoms with Crippen LogP contribution in [0.15, 0.2) is 105 Å². The zero-order chi connectivity index (χ0) is 27.4. The Labute approximate surface area is 235 Å². The molecule has 4 aromatic rings. The molecule has 0 aliphatic carbocycles. The average Bonchev–Trinajstić information content (AvgIpc) is 3.26. The molecule has 1 aliphatic heterocycles. The number of nitrogens with zero attached hydrogens (tertiary/aromatic N) is 2. The second-order valence-corrected chi connectivity index (χ2v) is 10.8. The zero-order valence-electron chi connectivity index (χ0n) is 21.9. The summed E-state index contributed by atoms with van der Waals surface area (Å²) in [7, 11) is 0. The quantitative estimate of drug-likeness (QED) is 0.223. The summed E-state index contributed by atoms with van der Waals surface area (Å²) >= 11 is 2.95. The molecule has 0 radical (unpaired) electrons. The number of allylic oxidation sites excluding steroid dienone is 1. The van der Waals surface area contributed by atoms with E-state index in [-0.39, 0.29) is 12.2 Å². The first-order valence-electron chi connectivity index (χ1n) is 12.6. The Morgan fingerprint density at radius 2 is 1.77 bits per heavy atom. The highest BCUT2D eigenvalue weighted by Gasteiger charge is 2.33. The Bertz CT molecular complexity index is 1690. The van der Waals surface area contributed by atoms with Gasteiger partial charge in [-0.3, -0.25) is 9.36 Å². The third-order valence-corrected chi connectivity index (χ3v) is 8.10. The van der Waals surface area contributed by atoms with Gasteiger partial charge in [-0.2, -0.15) is 0 Å². The van der Waals surface area contributed by atoms with E-state index in [0.29, 0.717) is 27.2 Å². The van der Waals surface area contributed by atoms with Crippen LogP contribution < -0.4 is 19.6 Å². The zero-order valence-corrected chi connectivity index (χ0v) is 23.6. The molecule has 0 fully saturated rings. The molecule has 198 valence electrons. The van der Waals surface area contributed by atoms with Gasteiger partial charge in [-0.25, -0.2) is 9.79 Å². The van der Waals surface area contributed by atoms with E-state index in [2.05, 4.69) is 4.99 Å². The molecule has 0 saturated heterocycles. The van der Waals surface area contributed by atoms with Gasteiger partial charge in [-0.1, -0.05) is 65.9 Å². The van der Waals surface area contributed by atoms with Crippen molar-refractivity contribution < 1.29 is 14.3 Å². The molecule has 0 amide bonds. The molecule has 8 heteroatoms. The third kappa shape index (κ3) is 5.77. The van der Waals surface area contributed by atoms with E-state index in [4.69, 9.17) is 9.47 Å². The fourth-order valence-electron chi connectivity index (χ4n) is 4.45. The number of benzene rings is 3. The van der Waals surface area contributed by atoms with Crippen molar-refractivity contribution >= 4 is 35.1 Å². The Morgan fingerprint density at radius 1 is 1.05 bits per heavy atom. The molecule has 2 heterocycles. The van der Waals surface area contributed by atoms with Crippen molar-refractivity contribution in [3.05, 3.63) is 127 Å². The van der Waals surface area contributed by atoms with Crippen LogP contribution >= 0.6 is 23.1 Å². The summed E-state index contributed by atoms with van der Waals surface area (Å²) in [4.78, 5) is 33.1. The number of thiazole rings is 1. The number of hydrogen-bond donors (Lipinski definition) is 0. The van der Waals surface area contributed by atoms with Crippen molar-refractivity contribution in [2.45, 2.75) is 31.4 Å². The topological polar surface area (TPSA) is 69.9 Å². The van der Waals surface area contributed by atoms with Crippen molar-refractivity contribution in [1.82, 2.24) is 4.57 Å². The van der Waals surface area contributed by atoms with Gasteiger partial charge in [0, 0.05) is 4.90 Å². The van der Waals surface area contributed by atoms with Crippen molar-refractivity contribution in [3.63, 3.8) is 0 Å². The summed E-state index contributed by atoms with van der Waals surface area (Å²) in [6.45, 7) is 4.28. The third-order valence-electron chi connectivity index (χ3n) is 6.37. The van der Waals surface area contributed by atoms with Crippen LogP contribution in [0.5, 0.6) is 5.75 Å². The van der Waals surface area contributed by atoms with Crippen LogP contribution in [0, 0.1) is 0 Å². The predicted octanol–water partition coefficient (Wildman–Crippen LogP) is 5.10. The Morgan fingerprint density at radius 3 is 2.44 bits per heavy atom. The van der Waals surface area contributed by atoms with Gasteiger partial charge in [0.15, 0.2) is 4.80 Å². The predicted molar refractivity (Wildman–Crippen MR) is 156 cm³/mol. The maximum Gasteiger partial charge on any atom is 0.338 e. The Hall–Kier alpha value is -3.88. The lowest BCUT2D eigenvalue weighted by molar-refractivity contribution is -0.139. The fraction of sp³-hybridized carbons (Fsp3) is 0.194. The van der Waals surface area contributed by atoms with E-state index in [1.54, 1.807) is 30.2 Å². The van der Waals surface area contributed by atoms with Crippen LogP contribution in [-0.4, -0.2) is 23.4 Å². The van der Waals surface area contributed by atoms with Crippen molar-refractivity contribution in [3.8, 4) is 5.75 Å². The van der Waals surface area contributed by atoms with Gasteiger partial charge >= 0.3 is 5.97 Å². The molecule has 1 atom stereocenters. The summed E-state index contributed by atoms with van der Waals surface area (Å²) in [5.74, 6) is 0.291. The molecular formula is C31H28N2O4S2. The highest BCUT2D eigenvalue weighted by molar-refractivity contribution is 7.98. The van der Waals surface area contributed by atoms with Crippen LogP contribution in [0.25, 0.3) is 6.08 Å². The molecule has 3 aromatic carbocycles. The molecule has 0 bridgehead atoms. The maximum absolute atomic E-state index is 13.8. The highest BCUT2D eigenvalue weighted by atomic mass is 32.2. The van der Waals surface area contributed by atoms with Gasteiger partial charge in [-0.05, 0) is 67.1 Å². The van der Waals surface area contributed by atoms with Gasteiger partial charge in [0.05, 0.1) is 28.5 Å². The number of fused-ring (bicyclic) bond motifs is 1. The van der Waals surface area contributed by atoms with E-state index in [9.17, 15) is 9.59 Å². The minimum Gasteiger partial charge on any atom is -0.489 e. The molecule has 0 spiro atoms. The number of rotatable bonds is 8. The van der Waals surface area contributed by atoms with Gasteiger partial charge < -0.3 is 9.47 Å². The molecule has 1 aromatic heterocycles. The molecule has 0 unspecified atom stereocenters. The molecular weight excluding hydrogens is 528 g/mol. The van der Waals surface area contributed by atoms with Crippen LogP contribution in [0.2, 0.25) is 0 Å². The normalized spacial score (nSPS) is 15.1. The summed E-state index contributed by atoms with van der Waals surface area (Å²) in [6.07, 6.45) is 3.86. The SMILES string of the molecule is CCOC(=O)C1=C(C)N=c2s/c(=C\c3ccc(OCc4ccccc4)cc3)c(=O)n2[C@@H]1c1ccc(SC)cc1. The first kappa shape index (κ1) is 26.7. The number of thioether (sulfide) groups is 1. The summed E-state index contributed by atoms with van der Waals surface area (Å²) in [6, 6.07) is 24.9. The van der Waals surface area contributed by atoms with Crippen LogP contribution in [0.1, 0.15) is 36.6 Å². The van der Waals surface area contributed by atoms with Crippen molar-refractivity contribution in [2.75, 3.05) is 12.9 Å². The standard InChI is InChI=1S/C31H28N2O4S2/c1-4-36-30(35)27-20(2)32-31-33(28(27)23-12-16-25(38-3)17-13-23)29(34)26(39-31)18-21-10-14-24(15-11-21)37-19-22-8-6-5-7-9-22/h5-18,28H,4,19H2,1-3H3/b26-18-/t28-/m1/s1.